The topological polar surface area (TPSA) is 18.5 Å². The summed E-state index contributed by atoms with van der Waals surface area (Å²) in [5.41, 5.74) is -0.0428. The van der Waals surface area contributed by atoms with E-state index in [2.05, 4.69) is 34.6 Å². The van der Waals surface area contributed by atoms with Crippen molar-refractivity contribution in [2.24, 2.45) is 0 Å². The molecule has 0 saturated heterocycles. The molecule has 0 aromatic rings. The van der Waals surface area contributed by atoms with Crippen molar-refractivity contribution >= 4 is 0 Å². The second kappa shape index (κ2) is 5.55. The predicted molar refractivity (Wildman–Crippen MR) is 51.4 cm³/mol. The van der Waals surface area contributed by atoms with Gasteiger partial charge in [0.15, 0.2) is 0 Å². The second-order valence-corrected chi connectivity index (χ2v) is 4.05. The van der Waals surface area contributed by atoms with Gasteiger partial charge in [-0.2, -0.15) is 0 Å². The first-order valence-corrected chi connectivity index (χ1v) is 4.71. The molecule has 0 bridgehead atoms. The number of hydrogen-bond acceptors (Lipinski definition) is 2. The Morgan fingerprint density at radius 1 is 1.17 bits per heavy atom. The van der Waals surface area contributed by atoms with Crippen molar-refractivity contribution in [2.45, 2.75) is 52.7 Å². The van der Waals surface area contributed by atoms with Gasteiger partial charge in [0.1, 0.15) is 0 Å². The first-order chi connectivity index (χ1) is 5.45. The molecule has 12 heavy (non-hydrogen) atoms. The number of hydrogen-bond donors (Lipinski definition) is 0. The minimum absolute atomic E-state index is 0.0428. The fraction of sp³-hybridized carbons (Fsp3) is 1.00. The monoisotopic (exact) mass is 174 g/mol. The molecule has 0 spiro atoms. The largest absolute Gasteiger partial charge is 0.376 e. The standard InChI is InChI=1S/C10H22O2/c1-6-9(2)11-7-8-12-10(3,4)5/h9H,6-8H2,1-5H3. The molecule has 0 aliphatic rings. The third-order valence-electron chi connectivity index (χ3n) is 1.60. The van der Waals surface area contributed by atoms with Gasteiger partial charge >= 0.3 is 0 Å². The summed E-state index contributed by atoms with van der Waals surface area (Å²) < 4.78 is 11.0. The molecular formula is C10H22O2. The average Bonchev–Trinajstić information content (AvgIpc) is 1.96. The third kappa shape index (κ3) is 8.02. The van der Waals surface area contributed by atoms with Crippen LogP contribution in [0.15, 0.2) is 0 Å². The van der Waals surface area contributed by atoms with Crippen LogP contribution in [0.3, 0.4) is 0 Å². The predicted octanol–water partition coefficient (Wildman–Crippen LogP) is 2.62. The van der Waals surface area contributed by atoms with E-state index in [0.29, 0.717) is 19.3 Å². The van der Waals surface area contributed by atoms with E-state index < -0.39 is 0 Å². The van der Waals surface area contributed by atoms with E-state index in [1.807, 2.05) is 0 Å². The van der Waals surface area contributed by atoms with E-state index in [1.165, 1.54) is 0 Å². The molecule has 74 valence electrons. The average molecular weight is 174 g/mol. The van der Waals surface area contributed by atoms with E-state index >= 15 is 0 Å². The Hall–Kier alpha value is -0.0800. The van der Waals surface area contributed by atoms with Gasteiger partial charge in [0, 0.05) is 0 Å². The van der Waals surface area contributed by atoms with Crippen molar-refractivity contribution in [3.63, 3.8) is 0 Å². The summed E-state index contributed by atoms with van der Waals surface area (Å²) in [4.78, 5) is 0. The van der Waals surface area contributed by atoms with E-state index in [1.54, 1.807) is 0 Å². The smallest absolute Gasteiger partial charge is 0.0707 e. The summed E-state index contributed by atoms with van der Waals surface area (Å²) in [5, 5.41) is 0. The molecule has 0 fully saturated rings. The minimum atomic E-state index is -0.0428. The molecule has 0 aromatic carbocycles. The Labute approximate surface area is 76.3 Å². The SMILES string of the molecule is CCC(C)OCCOC(C)(C)C. The summed E-state index contributed by atoms with van der Waals surface area (Å²) in [5.74, 6) is 0. The molecule has 0 aliphatic carbocycles. The molecule has 1 unspecified atom stereocenters. The van der Waals surface area contributed by atoms with Gasteiger partial charge in [-0.25, -0.2) is 0 Å². The van der Waals surface area contributed by atoms with Crippen LogP contribution in [0.25, 0.3) is 0 Å². The molecule has 0 aromatic heterocycles. The van der Waals surface area contributed by atoms with Gasteiger partial charge in [0.05, 0.1) is 24.9 Å². The van der Waals surface area contributed by atoms with E-state index in [4.69, 9.17) is 9.47 Å². The first-order valence-electron chi connectivity index (χ1n) is 4.71. The van der Waals surface area contributed by atoms with Crippen molar-refractivity contribution in [2.75, 3.05) is 13.2 Å². The van der Waals surface area contributed by atoms with Crippen LogP contribution in [0.5, 0.6) is 0 Å². The van der Waals surface area contributed by atoms with Crippen molar-refractivity contribution < 1.29 is 9.47 Å². The van der Waals surface area contributed by atoms with Crippen LogP contribution >= 0.6 is 0 Å². The fourth-order valence-electron chi connectivity index (χ4n) is 0.715. The Morgan fingerprint density at radius 2 is 1.75 bits per heavy atom. The fourth-order valence-corrected chi connectivity index (χ4v) is 0.715. The summed E-state index contributed by atoms with van der Waals surface area (Å²) >= 11 is 0. The van der Waals surface area contributed by atoms with Crippen LogP contribution in [0.1, 0.15) is 41.0 Å². The zero-order chi connectivity index (χ0) is 9.61. The zero-order valence-electron chi connectivity index (χ0n) is 9.02. The van der Waals surface area contributed by atoms with Crippen LogP contribution in [0.2, 0.25) is 0 Å². The maximum Gasteiger partial charge on any atom is 0.0707 e. The van der Waals surface area contributed by atoms with Crippen molar-refractivity contribution in [3.8, 4) is 0 Å². The van der Waals surface area contributed by atoms with Crippen LogP contribution in [-0.4, -0.2) is 24.9 Å². The molecule has 0 rings (SSSR count). The van der Waals surface area contributed by atoms with Gasteiger partial charge < -0.3 is 9.47 Å². The lowest BCUT2D eigenvalue weighted by molar-refractivity contribution is -0.0488. The lowest BCUT2D eigenvalue weighted by atomic mass is 10.2. The van der Waals surface area contributed by atoms with Crippen molar-refractivity contribution in [1.29, 1.82) is 0 Å². The van der Waals surface area contributed by atoms with Crippen LogP contribution in [0.4, 0.5) is 0 Å². The zero-order valence-corrected chi connectivity index (χ0v) is 9.02. The molecule has 0 saturated carbocycles. The normalized spacial score (nSPS) is 14.8. The highest BCUT2D eigenvalue weighted by Crippen LogP contribution is 2.06. The molecule has 0 heterocycles. The van der Waals surface area contributed by atoms with Gasteiger partial charge in [-0.3, -0.25) is 0 Å². The van der Waals surface area contributed by atoms with Crippen LogP contribution in [0, 0.1) is 0 Å². The van der Waals surface area contributed by atoms with Crippen LogP contribution < -0.4 is 0 Å². The molecule has 2 heteroatoms. The Kier molecular flexibility index (Phi) is 5.51. The molecule has 0 aliphatic heterocycles. The Bertz CT molecular complexity index is 105. The van der Waals surface area contributed by atoms with Gasteiger partial charge in [0.2, 0.25) is 0 Å². The van der Waals surface area contributed by atoms with E-state index in [9.17, 15) is 0 Å². The molecule has 2 nitrogen and oxygen atoms in total. The number of ether oxygens (including phenoxy) is 2. The van der Waals surface area contributed by atoms with Gasteiger partial charge in [-0.15, -0.1) is 0 Å². The Balaban J connectivity index is 3.22. The maximum absolute atomic E-state index is 5.50. The molecule has 0 N–H and O–H groups in total. The van der Waals surface area contributed by atoms with Crippen LogP contribution in [-0.2, 0) is 9.47 Å². The highest BCUT2D eigenvalue weighted by molar-refractivity contribution is 4.58. The van der Waals surface area contributed by atoms with Crippen molar-refractivity contribution in [3.05, 3.63) is 0 Å². The van der Waals surface area contributed by atoms with E-state index in [0.717, 1.165) is 6.42 Å². The van der Waals surface area contributed by atoms with E-state index in [-0.39, 0.29) is 5.60 Å². The summed E-state index contributed by atoms with van der Waals surface area (Å²) in [6.45, 7) is 11.7. The highest BCUT2D eigenvalue weighted by atomic mass is 16.5. The van der Waals surface area contributed by atoms with Crippen molar-refractivity contribution in [1.82, 2.24) is 0 Å². The molecule has 0 radical (unpaired) electrons. The number of rotatable bonds is 5. The van der Waals surface area contributed by atoms with Gasteiger partial charge in [-0.1, -0.05) is 6.92 Å². The summed E-state index contributed by atoms with van der Waals surface area (Å²) in [6.07, 6.45) is 1.42. The first kappa shape index (κ1) is 11.9. The molecular weight excluding hydrogens is 152 g/mol. The molecule has 1 atom stereocenters. The quantitative estimate of drug-likeness (QED) is 0.596. The maximum atomic E-state index is 5.50. The highest BCUT2D eigenvalue weighted by Gasteiger charge is 2.09. The second-order valence-electron chi connectivity index (χ2n) is 4.05. The summed E-state index contributed by atoms with van der Waals surface area (Å²) in [7, 11) is 0. The lowest BCUT2D eigenvalue weighted by Gasteiger charge is -2.20. The lowest BCUT2D eigenvalue weighted by Crippen LogP contribution is -2.22. The molecule has 0 amide bonds. The third-order valence-corrected chi connectivity index (χ3v) is 1.60. The summed E-state index contributed by atoms with van der Waals surface area (Å²) in [6, 6.07) is 0. The minimum Gasteiger partial charge on any atom is -0.376 e. The van der Waals surface area contributed by atoms with Gasteiger partial charge in [-0.05, 0) is 34.1 Å². The van der Waals surface area contributed by atoms with Gasteiger partial charge in [0.25, 0.3) is 0 Å². The Morgan fingerprint density at radius 3 is 2.17 bits per heavy atom.